The first kappa shape index (κ1) is 16.4. The Morgan fingerprint density at radius 1 is 0.773 bits per heavy atom. The smallest absolute Gasteiger partial charge is 0.0378 e. The molecule has 0 amide bonds. The standard InChI is InChI=1S/C20H27N2/c1-13-9-7-10-14(2)19(13)21-17(5)18(6)22-20-15(3)11-8-12-16(20)4/h7-12,17,21-22H,1-6H3/q-1. The van der Waals surface area contributed by atoms with Crippen molar-refractivity contribution >= 4 is 11.4 Å². The van der Waals surface area contributed by atoms with Gasteiger partial charge in [-0.25, -0.2) is 6.04 Å². The maximum absolute atomic E-state index is 3.64. The van der Waals surface area contributed by atoms with Crippen LogP contribution in [0.4, 0.5) is 11.4 Å². The number of aryl methyl sites for hydroxylation is 4. The van der Waals surface area contributed by atoms with Gasteiger partial charge in [0.2, 0.25) is 0 Å². The summed E-state index contributed by atoms with van der Waals surface area (Å²) in [4.78, 5) is 0. The third-order valence-electron chi connectivity index (χ3n) is 4.29. The Balaban J connectivity index is 2.11. The number of nitrogens with one attached hydrogen (secondary N) is 2. The maximum Gasteiger partial charge on any atom is 0.0378 e. The Labute approximate surface area is 135 Å². The zero-order chi connectivity index (χ0) is 16.3. The summed E-state index contributed by atoms with van der Waals surface area (Å²) in [6.07, 6.45) is 0. The second-order valence-corrected chi connectivity index (χ2v) is 6.21. The molecule has 0 aliphatic rings. The molecule has 0 heterocycles. The van der Waals surface area contributed by atoms with Crippen LogP contribution in [0.3, 0.4) is 0 Å². The lowest BCUT2D eigenvalue weighted by molar-refractivity contribution is 0.808. The second kappa shape index (κ2) is 6.87. The topological polar surface area (TPSA) is 24.1 Å². The lowest BCUT2D eigenvalue weighted by Gasteiger charge is -2.38. The van der Waals surface area contributed by atoms with Crippen LogP contribution in [0.1, 0.15) is 36.1 Å². The number of benzene rings is 2. The van der Waals surface area contributed by atoms with Crippen molar-refractivity contribution in [3.8, 4) is 0 Å². The van der Waals surface area contributed by atoms with E-state index in [2.05, 4.69) is 88.6 Å². The van der Waals surface area contributed by atoms with E-state index in [1.165, 1.54) is 39.7 Å². The summed E-state index contributed by atoms with van der Waals surface area (Å²) in [5, 5.41) is 7.23. The first-order valence-corrected chi connectivity index (χ1v) is 7.89. The van der Waals surface area contributed by atoms with Crippen molar-refractivity contribution in [1.82, 2.24) is 0 Å². The van der Waals surface area contributed by atoms with Gasteiger partial charge in [0.25, 0.3) is 0 Å². The van der Waals surface area contributed by atoms with Crippen LogP contribution in [0.25, 0.3) is 0 Å². The second-order valence-electron chi connectivity index (χ2n) is 6.21. The molecule has 2 aromatic carbocycles. The summed E-state index contributed by atoms with van der Waals surface area (Å²) in [6.45, 7) is 12.9. The summed E-state index contributed by atoms with van der Waals surface area (Å²) in [5.74, 6) is 0. The van der Waals surface area contributed by atoms with Crippen molar-refractivity contribution in [2.24, 2.45) is 0 Å². The molecule has 0 aliphatic carbocycles. The number of para-hydroxylation sites is 2. The summed E-state index contributed by atoms with van der Waals surface area (Å²) in [5.41, 5.74) is 7.57. The monoisotopic (exact) mass is 295 g/mol. The van der Waals surface area contributed by atoms with Gasteiger partial charge in [-0.2, -0.15) is 6.92 Å². The SMILES string of the molecule is Cc1cccc(C)c1N[C-](C)C(C)Nc1c(C)cccc1C. The van der Waals surface area contributed by atoms with E-state index in [-0.39, 0.29) is 6.04 Å². The van der Waals surface area contributed by atoms with E-state index in [0.29, 0.717) is 0 Å². The molecule has 0 saturated carbocycles. The number of hydrogen-bond acceptors (Lipinski definition) is 2. The van der Waals surface area contributed by atoms with E-state index in [1.54, 1.807) is 0 Å². The van der Waals surface area contributed by atoms with Crippen LogP contribution in [0.2, 0.25) is 0 Å². The van der Waals surface area contributed by atoms with Crippen molar-refractivity contribution < 1.29 is 0 Å². The molecule has 0 saturated heterocycles. The first-order chi connectivity index (χ1) is 10.4. The molecule has 2 nitrogen and oxygen atoms in total. The van der Waals surface area contributed by atoms with Crippen LogP contribution >= 0.6 is 0 Å². The van der Waals surface area contributed by atoms with E-state index >= 15 is 0 Å². The lowest BCUT2D eigenvalue weighted by Crippen LogP contribution is -2.28. The molecule has 0 fully saturated rings. The normalized spacial score (nSPS) is 12.3. The minimum absolute atomic E-state index is 0.249. The predicted molar refractivity (Wildman–Crippen MR) is 97.5 cm³/mol. The number of anilines is 2. The van der Waals surface area contributed by atoms with Crippen LogP contribution in [-0.4, -0.2) is 6.04 Å². The quantitative estimate of drug-likeness (QED) is 0.723. The third-order valence-corrected chi connectivity index (χ3v) is 4.29. The highest BCUT2D eigenvalue weighted by molar-refractivity contribution is 5.61. The molecule has 1 unspecified atom stereocenters. The van der Waals surface area contributed by atoms with Gasteiger partial charge in [0.1, 0.15) is 0 Å². The molecule has 2 rings (SSSR count). The average molecular weight is 295 g/mol. The molecule has 118 valence electrons. The third kappa shape index (κ3) is 3.62. The van der Waals surface area contributed by atoms with Crippen LogP contribution in [0, 0.1) is 33.7 Å². The van der Waals surface area contributed by atoms with Crippen LogP contribution < -0.4 is 10.6 Å². The lowest BCUT2D eigenvalue weighted by atomic mass is 10.0. The van der Waals surface area contributed by atoms with Crippen molar-refractivity contribution in [1.29, 1.82) is 0 Å². The first-order valence-electron chi connectivity index (χ1n) is 7.89. The molecule has 0 aromatic heterocycles. The van der Waals surface area contributed by atoms with Gasteiger partial charge in [-0.1, -0.05) is 49.4 Å². The van der Waals surface area contributed by atoms with Gasteiger partial charge in [-0.3, -0.25) is 0 Å². The molecule has 0 spiro atoms. The summed E-state index contributed by atoms with van der Waals surface area (Å²) >= 11 is 0. The molecule has 2 heteroatoms. The van der Waals surface area contributed by atoms with Gasteiger partial charge in [-0.05, 0) is 49.9 Å². The highest BCUT2D eigenvalue weighted by Gasteiger charge is 2.07. The fourth-order valence-corrected chi connectivity index (χ4v) is 2.68. The highest BCUT2D eigenvalue weighted by Crippen LogP contribution is 2.26. The van der Waals surface area contributed by atoms with Gasteiger partial charge in [-0.15, -0.1) is 0 Å². The summed E-state index contributed by atoms with van der Waals surface area (Å²) in [7, 11) is 0. The van der Waals surface area contributed by atoms with Crippen molar-refractivity contribution in [3.63, 3.8) is 0 Å². The minimum atomic E-state index is 0.249. The van der Waals surface area contributed by atoms with Crippen LogP contribution in [-0.2, 0) is 0 Å². The largest absolute Gasteiger partial charge is 0.530 e. The Bertz CT molecular complexity index is 548. The van der Waals surface area contributed by atoms with Gasteiger partial charge >= 0.3 is 0 Å². The molecule has 0 aliphatic heterocycles. The average Bonchev–Trinajstić information content (AvgIpc) is 2.46. The Kier molecular flexibility index (Phi) is 5.12. The van der Waals surface area contributed by atoms with Crippen LogP contribution in [0.15, 0.2) is 36.4 Å². The Morgan fingerprint density at radius 2 is 1.18 bits per heavy atom. The molecule has 22 heavy (non-hydrogen) atoms. The van der Waals surface area contributed by atoms with E-state index in [0.717, 1.165) is 0 Å². The maximum atomic E-state index is 3.64. The van der Waals surface area contributed by atoms with Crippen molar-refractivity contribution in [3.05, 3.63) is 64.7 Å². The van der Waals surface area contributed by atoms with Gasteiger partial charge in [0, 0.05) is 11.4 Å². The van der Waals surface area contributed by atoms with Crippen molar-refractivity contribution in [2.75, 3.05) is 10.6 Å². The molecule has 1 atom stereocenters. The predicted octanol–water partition coefficient (Wildman–Crippen LogP) is 5.38. The van der Waals surface area contributed by atoms with E-state index in [9.17, 15) is 0 Å². The van der Waals surface area contributed by atoms with Gasteiger partial charge in [0.15, 0.2) is 0 Å². The number of rotatable bonds is 5. The molecule has 0 bridgehead atoms. The minimum Gasteiger partial charge on any atom is -0.530 e. The molecule has 0 radical (unpaired) electrons. The Morgan fingerprint density at radius 3 is 1.64 bits per heavy atom. The molecule has 2 aromatic rings. The van der Waals surface area contributed by atoms with E-state index in [1.807, 2.05) is 0 Å². The van der Waals surface area contributed by atoms with E-state index in [4.69, 9.17) is 0 Å². The van der Waals surface area contributed by atoms with Crippen molar-refractivity contribution in [2.45, 2.75) is 47.6 Å². The molecule has 2 N–H and O–H groups in total. The fraction of sp³-hybridized carbons (Fsp3) is 0.350. The van der Waals surface area contributed by atoms with Gasteiger partial charge in [0.05, 0.1) is 0 Å². The zero-order valence-corrected chi connectivity index (χ0v) is 14.5. The highest BCUT2D eigenvalue weighted by atomic mass is 15.0. The fourth-order valence-electron chi connectivity index (χ4n) is 2.68. The number of hydrogen-bond donors (Lipinski definition) is 2. The molecular weight excluding hydrogens is 268 g/mol. The van der Waals surface area contributed by atoms with E-state index < -0.39 is 0 Å². The van der Waals surface area contributed by atoms with Gasteiger partial charge < -0.3 is 10.6 Å². The Hall–Kier alpha value is -1.96. The molecular formula is C20H27N2-. The zero-order valence-electron chi connectivity index (χ0n) is 14.5. The van der Waals surface area contributed by atoms with Crippen LogP contribution in [0.5, 0.6) is 0 Å². The summed E-state index contributed by atoms with van der Waals surface area (Å²) < 4.78 is 0. The summed E-state index contributed by atoms with van der Waals surface area (Å²) in [6, 6.07) is 14.3.